The SMILES string of the molecule is CCN(C)[C@H](C(=O)N1CCC[C@H](n2cccn2)C1)c1ccccc1. The molecule has 1 fully saturated rings. The summed E-state index contributed by atoms with van der Waals surface area (Å²) in [5.41, 5.74) is 1.06. The first-order chi connectivity index (χ1) is 11.7. The molecule has 1 aromatic carbocycles. The lowest BCUT2D eigenvalue weighted by Gasteiger charge is -2.37. The van der Waals surface area contributed by atoms with Gasteiger partial charge in [-0.05, 0) is 38.1 Å². The molecule has 128 valence electrons. The lowest BCUT2D eigenvalue weighted by Crippen LogP contribution is -2.46. The molecule has 0 unspecified atom stereocenters. The summed E-state index contributed by atoms with van der Waals surface area (Å²) in [6.07, 6.45) is 5.89. The van der Waals surface area contributed by atoms with E-state index in [1.807, 2.05) is 59.2 Å². The van der Waals surface area contributed by atoms with Crippen LogP contribution in [0.5, 0.6) is 0 Å². The zero-order chi connectivity index (χ0) is 16.9. The van der Waals surface area contributed by atoms with E-state index in [4.69, 9.17) is 0 Å². The third kappa shape index (κ3) is 3.51. The second kappa shape index (κ2) is 7.62. The third-order valence-electron chi connectivity index (χ3n) is 4.90. The second-order valence-electron chi connectivity index (χ2n) is 6.45. The number of hydrogen-bond acceptors (Lipinski definition) is 3. The largest absolute Gasteiger partial charge is 0.339 e. The molecule has 24 heavy (non-hydrogen) atoms. The molecule has 3 rings (SSSR count). The molecule has 0 bridgehead atoms. The Morgan fingerprint density at radius 1 is 1.33 bits per heavy atom. The van der Waals surface area contributed by atoms with Crippen LogP contribution >= 0.6 is 0 Å². The van der Waals surface area contributed by atoms with E-state index in [0.29, 0.717) is 0 Å². The highest BCUT2D eigenvalue weighted by atomic mass is 16.2. The first-order valence-electron chi connectivity index (χ1n) is 8.73. The van der Waals surface area contributed by atoms with Gasteiger partial charge in [0.1, 0.15) is 6.04 Å². The van der Waals surface area contributed by atoms with Gasteiger partial charge in [-0.3, -0.25) is 14.4 Å². The fourth-order valence-corrected chi connectivity index (χ4v) is 3.44. The van der Waals surface area contributed by atoms with E-state index in [1.54, 1.807) is 6.20 Å². The van der Waals surface area contributed by atoms with E-state index in [2.05, 4.69) is 16.9 Å². The summed E-state index contributed by atoms with van der Waals surface area (Å²) in [6, 6.07) is 12.1. The highest BCUT2D eigenvalue weighted by molar-refractivity contribution is 5.83. The zero-order valence-corrected chi connectivity index (χ0v) is 14.5. The van der Waals surface area contributed by atoms with Gasteiger partial charge >= 0.3 is 0 Å². The monoisotopic (exact) mass is 326 g/mol. The average Bonchev–Trinajstić information content (AvgIpc) is 3.17. The quantitative estimate of drug-likeness (QED) is 0.848. The van der Waals surface area contributed by atoms with Crippen molar-refractivity contribution >= 4 is 5.91 Å². The van der Waals surface area contributed by atoms with Crippen molar-refractivity contribution in [2.24, 2.45) is 0 Å². The van der Waals surface area contributed by atoms with Crippen LogP contribution in [-0.2, 0) is 4.79 Å². The number of carbonyl (C=O) groups excluding carboxylic acids is 1. The average molecular weight is 326 g/mol. The summed E-state index contributed by atoms with van der Waals surface area (Å²) in [4.78, 5) is 17.4. The van der Waals surface area contributed by atoms with Crippen LogP contribution in [0, 0.1) is 0 Å². The number of benzene rings is 1. The van der Waals surface area contributed by atoms with Crippen LogP contribution in [0.15, 0.2) is 48.8 Å². The van der Waals surface area contributed by atoms with E-state index in [1.165, 1.54) is 0 Å². The summed E-state index contributed by atoms with van der Waals surface area (Å²) < 4.78 is 1.99. The Balaban J connectivity index is 1.79. The summed E-state index contributed by atoms with van der Waals surface area (Å²) in [5, 5.41) is 4.36. The Bertz CT molecular complexity index is 641. The maximum atomic E-state index is 13.3. The van der Waals surface area contributed by atoms with Gasteiger partial charge in [-0.2, -0.15) is 5.10 Å². The standard InChI is InChI=1S/C19H26N4O/c1-3-21(2)18(16-9-5-4-6-10-16)19(24)22-13-7-11-17(15-22)23-14-8-12-20-23/h4-6,8-10,12,14,17-18H,3,7,11,13,15H2,1-2H3/t17-,18-/m0/s1. The molecular weight excluding hydrogens is 300 g/mol. The summed E-state index contributed by atoms with van der Waals surface area (Å²) in [6.45, 7) is 4.49. The van der Waals surface area contributed by atoms with Gasteiger partial charge < -0.3 is 4.90 Å². The third-order valence-corrected chi connectivity index (χ3v) is 4.90. The first kappa shape index (κ1) is 16.7. The van der Waals surface area contributed by atoms with Crippen molar-refractivity contribution < 1.29 is 4.79 Å². The predicted molar refractivity (Wildman–Crippen MR) is 94.6 cm³/mol. The van der Waals surface area contributed by atoms with Gasteiger partial charge in [0.2, 0.25) is 5.91 Å². The normalized spacial score (nSPS) is 19.5. The van der Waals surface area contributed by atoms with Crippen LogP contribution in [0.3, 0.4) is 0 Å². The van der Waals surface area contributed by atoms with Crippen molar-refractivity contribution in [3.05, 3.63) is 54.4 Å². The Kier molecular flexibility index (Phi) is 5.30. The van der Waals surface area contributed by atoms with Crippen molar-refractivity contribution in [3.63, 3.8) is 0 Å². The van der Waals surface area contributed by atoms with Crippen molar-refractivity contribution in [1.29, 1.82) is 0 Å². The number of hydrogen-bond donors (Lipinski definition) is 0. The van der Waals surface area contributed by atoms with Gasteiger partial charge in [0.15, 0.2) is 0 Å². The van der Waals surface area contributed by atoms with Crippen molar-refractivity contribution in [2.75, 3.05) is 26.7 Å². The van der Waals surface area contributed by atoms with Crippen LogP contribution < -0.4 is 0 Å². The zero-order valence-electron chi connectivity index (χ0n) is 14.5. The minimum Gasteiger partial charge on any atom is -0.339 e. The summed E-state index contributed by atoms with van der Waals surface area (Å²) >= 11 is 0. The van der Waals surface area contributed by atoms with Crippen LogP contribution in [0.4, 0.5) is 0 Å². The van der Waals surface area contributed by atoms with Crippen molar-refractivity contribution in [3.8, 4) is 0 Å². The van der Waals surface area contributed by atoms with Crippen LogP contribution in [0.25, 0.3) is 0 Å². The van der Waals surface area contributed by atoms with Gasteiger partial charge in [0.05, 0.1) is 6.04 Å². The fourth-order valence-electron chi connectivity index (χ4n) is 3.44. The number of aromatic nitrogens is 2. The molecule has 1 aliphatic heterocycles. The molecule has 0 radical (unpaired) electrons. The van der Waals surface area contributed by atoms with Crippen LogP contribution in [-0.4, -0.2) is 52.2 Å². The molecule has 1 saturated heterocycles. The molecule has 1 amide bonds. The first-order valence-corrected chi connectivity index (χ1v) is 8.73. The number of carbonyl (C=O) groups is 1. The maximum Gasteiger partial charge on any atom is 0.244 e. The molecular formula is C19H26N4O. The smallest absolute Gasteiger partial charge is 0.244 e. The molecule has 5 nitrogen and oxygen atoms in total. The molecule has 2 atom stereocenters. The highest BCUT2D eigenvalue weighted by Gasteiger charge is 2.32. The topological polar surface area (TPSA) is 41.4 Å². The number of piperidine rings is 1. The Morgan fingerprint density at radius 3 is 2.79 bits per heavy atom. The van der Waals surface area contributed by atoms with Crippen molar-refractivity contribution in [2.45, 2.75) is 31.8 Å². The number of likely N-dealkylation sites (tertiary alicyclic amines) is 1. The molecule has 1 aromatic heterocycles. The minimum absolute atomic E-state index is 0.197. The lowest BCUT2D eigenvalue weighted by atomic mass is 10.0. The summed E-state index contributed by atoms with van der Waals surface area (Å²) in [7, 11) is 2.02. The number of amides is 1. The molecule has 2 aromatic rings. The Labute approximate surface area is 143 Å². The fraction of sp³-hybridized carbons (Fsp3) is 0.474. The Morgan fingerprint density at radius 2 is 2.12 bits per heavy atom. The van der Waals surface area contributed by atoms with Gasteiger partial charge in [-0.1, -0.05) is 37.3 Å². The minimum atomic E-state index is -0.215. The van der Waals surface area contributed by atoms with E-state index in [0.717, 1.165) is 38.0 Å². The van der Waals surface area contributed by atoms with Gasteiger partial charge in [-0.15, -0.1) is 0 Å². The molecule has 1 aliphatic rings. The van der Waals surface area contributed by atoms with Crippen LogP contribution in [0.1, 0.15) is 37.4 Å². The van der Waals surface area contributed by atoms with Gasteiger partial charge in [0, 0.05) is 25.5 Å². The van der Waals surface area contributed by atoms with Gasteiger partial charge in [0.25, 0.3) is 0 Å². The molecule has 0 N–H and O–H groups in total. The maximum absolute atomic E-state index is 13.3. The summed E-state index contributed by atoms with van der Waals surface area (Å²) in [5.74, 6) is 0.197. The van der Waals surface area contributed by atoms with Crippen LogP contribution in [0.2, 0.25) is 0 Å². The Hall–Kier alpha value is -2.14. The number of rotatable bonds is 5. The molecule has 0 saturated carbocycles. The predicted octanol–water partition coefficient (Wildman–Crippen LogP) is 2.74. The number of nitrogens with zero attached hydrogens (tertiary/aromatic N) is 4. The molecule has 0 aliphatic carbocycles. The van der Waals surface area contributed by atoms with Crippen molar-refractivity contribution in [1.82, 2.24) is 19.6 Å². The second-order valence-corrected chi connectivity index (χ2v) is 6.45. The van der Waals surface area contributed by atoms with E-state index >= 15 is 0 Å². The molecule has 2 heterocycles. The van der Waals surface area contributed by atoms with E-state index in [-0.39, 0.29) is 18.0 Å². The molecule has 5 heteroatoms. The van der Waals surface area contributed by atoms with E-state index < -0.39 is 0 Å². The highest BCUT2D eigenvalue weighted by Crippen LogP contribution is 2.27. The molecule has 0 spiro atoms. The van der Waals surface area contributed by atoms with Gasteiger partial charge in [-0.25, -0.2) is 0 Å². The lowest BCUT2D eigenvalue weighted by molar-refractivity contribution is -0.138. The number of likely N-dealkylation sites (N-methyl/N-ethyl adjacent to an activating group) is 1. The van der Waals surface area contributed by atoms with E-state index in [9.17, 15) is 4.79 Å².